The molecule has 0 bridgehead atoms. The molecule has 3 radical (unpaired) electrons. The predicted molar refractivity (Wildman–Crippen MR) is 135 cm³/mol. The van der Waals surface area contributed by atoms with Gasteiger partial charge in [0, 0.05) is 40.7 Å². The normalized spacial score (nSPS) is 17.4. The largest absolute Gasteiger partial charge is 0.395 e. The summed E-state index contributed by atoms with van der Waals surface area (Å²) in [5.41, 5.74) is 7.07. The van der Waals surface area contributed by atoms with Gasteiger partial charge in [-0.2, -0.15) is 13.2 Å². The molecule has 2 amide bonds. The van der Waals surface area contributed by atoms with Crippen molar-refractivity contribution in [2.45, 2.75) is 56.8 Å². The van der Waals surface area contributed by atoms with Gasteiger partial charge in [-0.05, 0) is 80.7 Å². The number of nitrogens with one attached hydrogen (secondary N) is 1. The average molecular weight is 517 g/mol. The second-order valence-electron chi connectivity index (χ2n) is 10.0. The number of likely N-dealkylation sites (N-methyl/N-ethyl adjacent to an activating group) is 1. The maximum atomic E-state index is 14.0. The first kappa shape index (κ1) is 27.9. The summed E-state index contributed by atoms with van der Waals surface area (Å²) >= 11 is 0. The molecule has 193 valence electrons. The highest BCUT2D eigenvalue weighted by Gasteiger charge is 2.67. The van der Waals surface area contributed by atoms with Gasteiger partial charge in [0.1, 0.15) is 0 Å². The van der Waals surface area contributed by atoms with E-state index >= 15 is 0 Å². The minimum atomic E-state index is -4.37. The van der Waals surface area contributed by atoms with Crippen molar-refractivity contribution >= 4 is 22.1 Å². The predicted octanol–water partition coefficient (Wildman–Crippen LogP) is 4.17. The molecule has 0 spiro atoms. The Morgan fingerprint density at radius 3 is 2.11 bits per heavy atom. The number of hydrogen-bond donors (Lipinski definition) is 2. The number of hydrogen-bond acceptors (Lipinski definition) is 3. The summed E-state index contributed by atoms with van der Waals surface area (Å²) in [7, 11) is 7.58. The van der Waals surface area contributed by atoms with Crippen molar-refractivity contribution in [2.75, 3.05) is 20.6 Å². The smallest absolute Gasteiger partial charge is 0.366 e. The van der Waals surface area contributed by atoms with E-state index in [1.54, 1.807) is 42.5 Å². The van der Waals surface area contributed by atoms with Crippen molar-refractivity contribution in [1.82, 2.24) is 10.2 Å². The lowest BCUT2D eigenvalue weighted by Crippen LogP contribution is -2.45. The Labute approximate surface area is 214 Å². The van der Waals surface area contributed by atoms with Crippen LogP contribution in [0.4, 0.5) is 13.2 Å². The number of rotatable bonds is 10. The summed E-state index contributed by atoms with van der Waals surface area (Å²) in [4.78, 5) is 26.6. The fraction of sp³-hybridized carbons (Fsp3) is 0.481. The van der Waals surface area contributed by atoms with E-state index in [9.17, 15) is 22.8 Å². The lowest BCUT2D eigenvalue weighted by atomic mass is 9.80. The Bertz CT molecular complexity index is 1080. The molecule has 3 N–H and O–H groups in total. The lowest BCUT2D eigenvalue weighted by Gasteiger charge is -2.33. The highest BCUT2D eigenvalue weighted by atomic mass is 28.1. The van der Waals surface area contributed by atoms with Crippen LogP contribution >= 0.6 is 0 Å². The van der Waals surface area contributed by atoms with Crippen molar-refractivity contribution in [2.24, 2.45) is 11.1 Å². The number of benzene rings is 2. The van der Waals surface area contributed by atoms with Crippen LogP contribution in [0.25, 0.3) is 0 Å². The lowest BCUT2D eigenvalue weighted by molar-refractivity contribution is -0.194. The Kier molecular flexibility index (Phi) is 8.35. The molecule has 36 heavy (non-hydrogen) atoms. The van der Waals surface area contributed by atoms with Crippen molar-refractivity contribution < 1.29 is 22.8 Å². The molecule has 0 aliphatic heterocycles. The zero-order chi connectivity index (χ0) is 26.8. The Hall–Kier alpha value is -2.65. The quantitative estimate of drug-likeness (QED) is 0.466. The Morgan fingerprint density at radius 1 is 1.11 bits per heavy atom. The number of nitrogens with zero attached hydrogens (tertiary/aromatic N) is 1. The third-order valence-corrected chi connectivity index (χ3v) is 8.03. The van der Waals surface area contributed by atoms with Crippen LogP contribution in [-0.2, 0) is 4.79 Å². The number of carbonyl (C=O) groups is 2. The fourth-order valence-corrected chi connectivity index (χ4v) is 6.03. The van der Waals surface area contributed by atoms with E-state index in [1.807, 2.05) is 32.8 Å². The first-order valence-electron chi connectivity index (χ1n) is 12.0. The zero-order valence-electron chi connectivity index (χ0n) is 21.1. The minimum absolute atomic E-state index is 0.0344. The topological polar surface area (TPSA) is 75.4 Å². The van der Waals surface area contributed by atoms with Crippen molar-refractivity contribution in [1.29, 1.82) is 0 Å². The number of amides is 2. The Balaban J connectivity index is 1.77. The van der Waals surface area contributed by atoms with Gasteiger partial charge in [-0.25, -0.2) is 0 Å². The van der Waals surface area contributed by atoms with Crippen molar-refractivity contribution in [3.05, 3.63) is 70.3 Å². The number of halogens is 3. The molecule has 1 aliphatic rings. The molecule has 3 atom stereocenters. The maximum absolute atomic E-state index is 14.0. The molecule has 5 nitrogen and oxygen atoms in total. The van der Waals surface area contributed by atoms with Gasteiger partial charge < -0.3 is 16.0 Å². The zero-order valence-corrected chi connectivity index (χ0v) is 22.1. The molecule has 1 saturated carbocycles. The van der Waals surface area contributed by atoms with Gasteiger partial charge in [0.15, 0.2) is 0 Å². The van der Waals surface area contributed by atoms with Crippen LogP contribution in [-0.4, -0.2) is 59.8 Å². The molecule has 2 aromatic rings. The van der Waals surface area contributed by atoms with Crippen LogP contribution in [0.5, 0.6) is 0 Å². The number of primary amides is 1. The van der Waals surface area contributed by atoms with Crippen LogP contribution in [0.1, 0.15) is 63.3 Å². The molecule has 1 fully saturated rings. The second kappa shape index (κ2) is 10.8. The summed E-state index contributed by atoms with van der Waals surface area (Å²) in [6.07, 6.45) is -4.53. The van der Waals surface area contributed by atoms with Crippen LogP contribution in [0.3, 0.4) is 0 Å². The van der Waals surface area contributed by atoms with E-state index in [1.165, 1.54) is 0 Å². The first-order valence-corrected chi connectivity index (χ1v) is 12.5. The molecular formula is C27H33F3N3O2Si. The van der Waals surface area contributed by atoms with Gasteiger partial charge in [0.2, 0.25) is 11.8 Å². The van der Waals surface area contributed by atoms with Crippen LogP contribution in [0.15, 0.2) is 42.5 Å². The van der Waals surface area contributed by atoms with Gasteiger partial charge in [-0.15, -0.1) is 0 Å². The summed E-state index contributed by atoms with van der Waals surface area (Å²) in [6.45, 7) is 4.02. The monoisotopic (exact) mass is 516 g/mol. The number of alkyl halides is 3. The number of carbonyl (C=O) groups excluding carboxylic acids is 2. The molecule has 1 unspecified atom stereocenters. The summed E-state index contributed by atoms with van der Waals surface area (Å²) in [6, 6.07) is 11.8. The molecule has 9 heteroatoms. The molecule has 3 rings (SSSR count). The standard InChI is InChI=1S/C27H33F3N3O2Si/c1-16-12-19(25(31)35)13-17(2)23(16)24(36)21(33(3)4)15-32-22(34)14-20(18-8-6-5-7-9-18)26(10-11-26)27(28,29)30/h5-9,12-13,20-21,24H,10-11,14-15H2,1-4H3,(H2,31,35)(H,32,34)/t20-,21-,24?/m1/s1. The average Bonchev–Trinajstić information content (AvgIpc) is 3.59. The third-order valence-electron chi connectivity index (χ3n) is 7.36. The van der Waals surface area contributed by atoms with Gasteiger partial charge in [0.25, 0.3) is 0 Å². The fourth-order valence-electron chi connectivity index (χ4n) is 5.16. The third kappa shape index (κ3) is 5.83. The van der Waals surface area contributed by atoms with E-state index in [-0.39, 0.29) is 37.4 Å². The summed E-state index contributed by atoms with van der Waals surface area (Å²) < 4.78 is 41.9. The molecule has 1 aliphatic carbocycles. The molecule has 0 saturated heterocycles. The van der Waals surface area contributed by atoms with E-state index in [0.717, 1.165) is 16.7 Å². The highest BCUT2D eigenvalue weighted by Crippen LogP contribution is 2.66. The van der Waals surface area contributed by atoms with Gasteiger partial charge in [-0.3, -0.25) is 9.59 Å². The first-order chi connectivity index (χ1) is 16.8. The van der Waals surface area contributed by atoms with Crippen molar-refractivity contribution in [3.8, 4) is 0 Å². The van der Waals surface area contributed by atoms with E-state index in [4.69, 9.17) is 5.73 Å². The molecular weight excluding hydrogens is 483 g/mol. The number of nitrogens with two attached hydrogens (primary N) is 1. The minimum Gasteiger partial charge on any atom is -0.366 e. The number of aryl methyl sites for hydroxylation is 2. The second-order valence-corrected chi connectivity index (χ2v) is 10.6. The molecule has 2 aromatic carbocycles. The molecule has 0 heterocycles. The van der Waals surface area contributed by atoms with E-state index in [0.29, 0.717) is 11.1 Å². The summed E-state index contributed by atoms with van der Waals surface area (Å²) in [5.74, 6) is -1.85. The van der Waals surface area contributed by atoms with Crippen LogP contribution in [0, 0.1) is 19.3 Å². The summed E-state index contributed by atoms with van der Waals surface area (Å²) in [5, 5.41) is 2.88. The van der Waals surface area contributed by atoms with Gasteiger partial charge in [-0.1, -0.05) is 30.3 Å². The SMILES string of the molecule is Cc1cc(C(N)=O)cc(C)c1C([Si])[C@@H](CNC(=O)C[C@H](c1ccccc1)C1(C(F)(F)F)CC1)N(C)C. The Morgan fingerprint density at radius 2 is 1.67 bits per heavy atom. The van der Waals surface area contributed by atoms with Crippen LogP contribution < -0.4 is 11.1 Å². The van der Waals surface area contributed by atoms with Gasteiger partial charge in [0.05, 0.1) is 5.41 Å². The van der Waals surface area contributed by atoms with Crippen LogP contribution in [0.2, 0.25) is 0 Å². The van der Waals surface area contributed by atoms with Gasteiger partial charge >= 0.3 is 6.18 Å². The van der Waals surface area contributed by atoms with Crippen molar-refractivity contribution in [3.63, 3.8) is 0 Å². The van der Waals surface area contributed by atoms with E-state index in [2.05, 4.69) is 15.6 Å². The van der Waals surface area contributed by atoms with E-state index < -0.39 is 29.3 Å². The maximum Gasteiger partial charge on any atom is 0.395 e. The molecule has 0 aromatic heterocycles. The highest BCUT2D eigenvalue weighted by molar-refractivity contribution is 6.13.